The van der Waals surface area contributed by atoms with Crippen LogP contribution in [-0.2, 0) is 60.5 Å². The molecule has 12 rings (SSSR count). The van der Waals surface area contributed by atoms with Crippen molar-refractivity contribution >= 4 is 114 Å². The average Bonchev–Trinajstić information content (AvgIpc) is 0.676. The van der Waals surface area contributed by atoms with Gasteiger partial charge in [-0.05, 0) is 129 Å². The lowest BCUT2D eigenvalue weighted by Crippen LogP contribution is -2.56. The Morgan fingerprint density at radius 3 is 0.886 bits per heavy atom. The Morgan fingerprint density at radius 1 is 0.386 bits per heavy atom. The van der Waals surface area contributed by atoms with Gasteiger partial charge >= 0.3 is 0 Å². The summed E-state index contributed by atoms with van der Waals surface area (Å²) < 4.78 is 253. The van der Waals surface area contributed by atoms with Gasteiger partial charge in [-0.3, -0.25) is 97.1 Å². The van der Waals surface area contributed by atoms with Crippen molar-refractivity contribution in [2.45, 2.75) is 128 Å². The number of anilines is 4. The van der Waals surface area contributed by atoms with E-state index in [0.717, 1.165) is 0 Å². The van der Waals surface area contributed by atoms with Gasteiger partial charge < -0.3 is 22.9 Å². The SMILES string of the molecule is [2H]C([2H])([2H])c1nc2cccc(N)c2c(=O)n1C1(C([2H])([2H])[2H])C(=O)NC(=O)C([2H])([2H])C1([2H])[2H].[2H]C([2H])([2H])c1nc2cccc(N)c2c(=O)n1[C@@]1(C([2H])([2H])[2H])CCC(=O)NC1=O.[2H]C([2H])([2H])c1nc2cccc(N)c2c(=O)n1[C@]1(C([2H])([2H])[2H])C(=O)NC(=O)C([2H])([2H])C1([2H])[2H].[2H]C([2H])([2H])c1nc2cccc(N)c2c(=O)n1[C@]1(C([2H])([2H])[2H])CCC(=O)NC1=O. The van der Waals surface area contributed by atoms with Gasteiger partial charge in [0.05, 0.1) is 43.6 Å². The van der Waals surface area contributed by atoms with Crippen molar-refractivity contribution in [3.8, 4) is 0 Å². The number of aromatic nitrogens is 8. The Bertz CT molecular complexity index is 5630. The summed E-state index contributed by atoms with van der Waals surface area (Å²) in [6, 6.07) is 15.9. The predicted octanol–water partition coefficient (Wildman–Crippen LogP) is 1.76. The Balaban J connectivity index is 0.000000182. The number of rotatable bonds is 4. The molecule has 4 atom stereocenters. The van der Waals surface area contributed by atoms with E-state index in [-0.39, 0.29) is 77.6 Å². The molecule has 88 heavy (non-hydrogen) atoms. The highest BCUT2D eigenvalue weighted by atomic mass is 16.2. The molecule has 4 aliphatic heterocycles. The smallest absolute Gasteiger partial charge is 0.264 e. The lowest BCUT2D eigenvalue weighted by molar-refractivity contribution is -0.141. The number of carbonyl (C=O) groups is 8. The molecule has 4 aromatic carbocycles. The van der Waals surface area contributed by atoms with Gasteiger partial charge in [0.2, 0.25) is 23.6 Å². The maximum Gasteiger partial charge on any atom is 0.264 e. The van der Waals surface area contributed by atoms with Crippen LogP contribution in [0.1, 0.15) is 146 Å². The number of piperidine rings is 4. The van der Waals surface area contributed by atoms with Gasteiger partial charge in [-0.25, -0.2) is 19.9 Å². The fourth-order valence-corrected chi connectivity index (χ4v) is 9.35. The number of carbonyl (C=O) groups excluding carboxylic acids is 8. The van der Waals surface area contributed by atoms with Crippen molar-refractivity contribution in [1.29, 1.82) is 0 Å². The first-order valence-electron chi connectivity index (χ1n) is 41.0. The zero-order valence-corrected chi connectivity index (χ0v) is 44.5. The minimum absolute atomic E-state index is 0.0413. The van der Waals surface area contributed by atoms with Gasteiger partial charge in [0.25, 0.3) is 45.9 Å². The molecule has 456 valence electrons. The molecule has 0 radical (unpaired) electrons. The summed E-state index contributed by atoms with van der Waals surface area (Å²) in [5.74, 6) is -15.7. The van der Waals surface area contributed by atoms with Crippen molar-refractivity contribution in [2.75, 3.05) is 22.9 Å². The largest absolute Gasteiger partial charge is 0.398 e. The summed E-state index contributed by atoms with van der Waals surface area (Å²) in [4.78, 5) is 168. The molecule has 4 saturated heterocycles. The number of nitrogen functional groups attached to an aromatic ring is 4. The van der Waals surface area contributed by atoms with Gasteiger partial charge in [-0.1, -0.05) is 24.3 Å². The monoisotopic (exact) mass is 1230 g/mol. The summed E-state index contributed by atoms with van der Waals surface area (Å²) in [6.45, 7) is -26.8. The lowest BCUT2D eigenvalue weighted by atomic mass is 9.90. The first-order chi connectivity index (χ1) is 54.3. The van der Waals surface area contributed by atoms with E-state index in [9.17, 15) is 57.5 Å². The lowest BCUT2D eigenvalue weighted by Gasteiger charge is -2.34. The van der Waals surface area contributed by atoms with Crippen LogP contribution in [0.2, 0.25) is 0 Å². The minimum Gasteiger partial charge on any atom is -0.398 e. The van der Waals surface area contributed by atoms with E-state index in [4.69, 9.17) is 66.8 Å². The first kappa shape index (κ1) is 32.6. The zero-order valence-electron chi connectivity index (χ0n) is 76.5. The van der Waals surface area contributed by atoms with E-state index in [0.29, 0.717) is 9.13 Å². The molecule has 4 aliphatic rings. The number of aryl methyl sites for hydroxylation is 4. The van der Waals surface area contributed by atoms with E-state index in [1.165, 1.54) is 83.4 Å². The Labute approximate surface area is 544 Å². The Hall–Kier alpha value is -10.8. The number of nitrogens with zero attached hydrogens (tertiary/aromatic N) is 8. The number of imide groups is 4. The molecule has 12 N–H and O–H groups in total. The highest BCUT2D eigenvalue weighted by molar-refractivity contribution is 6.04. The van der Waals surface area contributed by atoms with Crippen LogP contribution < -0.4 is 66.4 Å². The molecule has 0 saturated carbocycles. The molecule has 4 fully saturated rings. The van der Waals surface area contributed by atoms with Crippen LogP contribution in [0.15, 0.2) is 92.0 Å². The van der Waals surface area contributed by atoms with Crippen molar-refractivity contribution in [2.24, 2.45) is 0 Å². The third kappa shape index (κ3) is 10.6. The van der Waals surface area contributed by atoms with Gasteiger partial charge in [0.15, 0.2) is 0 Å². The van der Waals surface area contributed by atoms with Crippen LogP contribution in [0, 0.1) is 27.4 Å². The molecule has 8 aromatic rings. The number of fused-ring (bicyclic) bond motifs is 4. The fourth-order valence-electron chi connectivity index (χ4n) is 9.35. The Kier molecular flexibility index (Phi) is 8.49. The van der Waals surface area contributed by atoms with Crippen molar-refractivity contribution in [1.82, 2.24) is 59.5 Å². The number of benzene rings is 4. The second kappa shape index (κ2) is 22.9. The topological polar surface area (TPSA) is 428 Å². The molecule has 0 bridgehead atoms. The summed E-state index contributed by atoms with van der Waals surface area (Å²) in [7, 11) is 0. The molecule has 1 unspecified atom stereocenters. The third-order valence-electron chi connectivity index (χ3n) is 13.7. The molecule has 28 heteroatoms. The number of hydrogen-bond acceptors (Lipinski definition) is 20. The van der Waals surface area contributed by atoms with Gasteiger partial charge in [0.1, 0.15) is 45.5 Å². The van der Waals surface area contributed by atoms with Gasteiger partial charge in [0, 0.05) is 92.2 Å². The summed E-state index contributed by atoms with van der Waals surface area (Å²) in [6.07, 6.45) is -17.2. The molecule has 4 aromatic heterocycles. The van der Waals surface area contributed by atoms with E-state index < -0.39 is 219 Å². The maximum atomic E-state index is 13.5. The predicted molar refractivity (Wildman–Crippen MR) is 325 cm³/mol. The van der Waals surface area contributed by atoms with Crippen molar-refractivity contribution in [3.63, 3.8) is 0 Å². The second-order valence-corrected chi connectivity index (χ2v) is 19.2. The van der Waals surface area contributed by atoms with E-state index in [2.05, 4.69) is 19.9 Å². The molecule has 8 amide bonds. The molecular weight excluding hydrogens is 1140 g/mol. The molecule has 0 aliphatic carbocycles. The molecule has 28 nitrogen and oxygen atoms in total. The number of amides is 8. The van der Waals surface area contributed by atoms with Crippen molar-refractivity contribution in [3.05, 3.63) is 138 Å². The highest BCUT2D eigenvalue weighted by Gasteiger charge is 2.46. The summed E-state index contributed by atoms with van der Waals surface area (Å²) in [5.41, 5.74) is 3.92. The van der Waals surface area contributed by atoms with Crippen LogP contribution >= 0.6 is 0 Å². The van der Waals surface area contributed by atoms with Crippen LogP contribution in [-0.4, -0.2) is 85.5 Å². The van der Waals surface area contributed by atoms with Gasteiger partial charge in [-0.15, -0.1) is 0 Å². The molecular formula is C60H64N16O12. The van der Waals surface area contributed by atoms with Crippen LogP contribution in [0.4, 0.5) is 22.7 Å². The van der Waals surface area contributed by atoms with Crippen LogP contribution in [0.5, 0.6) is 0 Å². The third-order valence-corrected chi connectivity index (χ3v) is 13.7. The van der Waals surface area contributed by atoms with Crippen LogP contribution in [0.25, 0.3) is 43.6 Å². The van der Waals surface area contributed by atoms with E-state index >= 15 is 0 Å². The average molecular weight is 1230 g/mol. The first-order valence-corrected chi connectivity index (χ1v) is 25.0. The van der Waals surface area contributed by atoms with Crippen LogP contribution in [0.3, 0.4) is 0 Å². The number of nitrogens with one attached hydrogen (secondary N) is 4. The maximum absolute atomic E-state index is 13.5. The fraction of sp³-hybridized carbons (Fsp3) is 0.333. The quantitative estimate of drug-likeness (QED) is 0.0919. The number of hydrogen-bond donors (Lipinski definition) is 8. The zero-order chi connectivity index (χ0) is 91.4. The standard InChI is InChI=1S/4C15H16N4O3/c4*1-8-17-10-5-3-4-9(16)12(10)13(21)19(8)15(2)7-6-11(20)18-14(15)22/h4*3-5H,6-7,16H2,1-2H3,(H,18,20,22)/t3*15-;/m100./s1/i1D3,2D3;1D3,2D3,6D2,7D2;1D3,2D3;1D3,2D3,6D2,7D2. The van der Waals surface area contributed by atoms with Crippen molar-refractivity contribution < 1.29 is 82.2 Å². The Morgan fingerprint density at radius 2 is 0.636 bits per heavy atom. The normalized spacial score (nSPS) is 30.7. The van der Waals surface area contributed by atoms with E-state index in [1.807, 2.05) is 10.6 Å². The van der Waals surface area contributed by atoms with Gasteiger partial charge in [-0.2, -0.15) is 0 Å². The number of nitrogens with two attached hydrogens (primary N) is 4. The highest BCUT2D eigenvalue weighted by Crippen LogP contribution is 2.32. The minimum atomic E-state index is -3.94. The summed E-state index contributed by atoms with van der Waals surface area (Å²) >= 11 is 0. The molecule has 0 spiro atoms. The second-order valence-electron chi connectivity index (χ2n) is 19.2. The molecule has 8 heterocycles. The summed E-state index contributed by atoms with van der Waals surface area (Å²) in [5, 5.41) is 5.25. The van der Waals surface area contributed by atoms with E-state index in [1.54, 1.807) is 0 Å².